The van der Waals surface area contributed by atoms with Crippen LogP contribution < -0.4 is 0 Å². The normalized spacial score (nSPS) is 15.9. The van der Waals surface area contributed by atoms with Crippen LogP contribution in [-0.2, 0) is 10.5 Å². The maximum atomic E-state index is 13.6. The molecule has 4 rings (SSSR count). The van der Waals surface area contributed by atoms with Crippen molar-refractivity contribution >= 4 is 28.8 Å². The molecule has 1 aliphatic heterocycles. The highest BCUT2D eigenvalue weighted by Crippen LogP contribution is 2.31. The van der Waals surface area contributed by atoms with E-state index >= 15 is 0 Å². The summed E-state index contributed by atoms with van der Waals surface area (Å²) < 4.78 is 15.6. The van der Waals surface area contributed by atoms with E-state index in [-0.39, 0.29) is 17.8 Å². The van der Waals surface area contributed by atoms with Crippen molar-refractivity contribution in [1.82, 2.24) is 19.4 Å². The van der Waals surface area contributed by atoms with Gasteiger partial charge in [-0.2, -0.15) is 0 Å². The minimum Gasteiger partial charge on any atom is -0.341 e. The highest BCUT2D eigenvalue weighted by atomic mass is 32.2. The number of imidazole rings is 1. The van der Waals surface area contributed by atoms with E-state index in [0.717, 1.165) is 47.8 Å². The Bertz CT molecular complexity index is 1010. The Morgan fingerprint density at radius 2 is 1.97 bits per heavy atom. The molecule has 0 saturated carbocycles. The van der Waals surface area contributed by atoms with Gasteiger partial charge in [0.15, 0.2) is 10.8 Å². The van der Waals surface area contributed by atoms with Gasteiger partial charge >= 0.3 is 0 Å². The van der Waals surface area contributed by atoms with Crippen LogP contribution in [0.3, 0.4) is 0 Å². The molecule has 7 heteroatoms. The van der Waals surface area contributed by atoms with Crippen molar-refractivity contribution in [3.8, 4) is 0 Å². The van der Waals surface area contributed by atoms with Crippen LogP contribution in [0.25, 0.3) is 11.2 Å². The van der Waals surface area contributed by atoms with Gasteiger partial charge in [-0.3, -0.25) is 9.36 Å². The third kappa shape index (κ3) is 4.51. The highest BCUT2D eigenvalue weighted by Gasteiger charge is 2.29. The third-order valence-corrected chi connectivity index (χ3v) is 6.60. The fraction of sp³-hybridized carbons (Fsp3) is 0.435. The zero-order chi connectivity index (χ0) is 20.9. The number of fused-ring (bicyclic) bond motifs is 1. The summed E-state index contributed by atoms with van der Waals surface area (Å²) in [5.74, 6) is 0.484. The molecule has 5 nitrogen and oxygen atoms in total. The zero-order valence-corrected chi connectivity index (χ0v) is 18.1. The molecule has 1 amide bonds. The third-order valence-electron chi connectivity index (χ3n) is 5.57. The minimum absolute atomic E-state index is 0.150. The van der Waals surface area contributed by atoms with E-state index in [9.17, 15) is 9.18 Å². The second kappa shape index (κ2) is 9.60. The average molecular weight is 427 g/mol. The van der Waals surface area contributed by atoms with Crippen molar-refractivity contribution in [2.75, 3.05) is 13.1 Å². The predicted octanol–water partition coefficient (Wildman–Crippen LogP) is 5.22. The molecule has 0 unspecified atom stereocenters. The molecule has 0 bridgehead atoms. The minimum atomic E-state index is -0.335. The summed E-state index contributed by atoms with van der Waals surface area (Å²) in [7, 11) is 0. The summed E-state index contributed by atoms with van der Waals surface area (Å²) in [5.41, 5.74) is 2.40. The van der Waals surface area contributed by atoms with Gasteiger partial charge in [0.2, 0.25) is 5.91 Å². The van der Waals surface area contributed by atoms with Gasteiger partial charge in [-0.25, -0.2) is 14.4 Å². The number of hydrogen-bond acceptors (Lipinski definition) is 4. The monoisotopic (exact) mass is 426 g/mol. The average Bonchev–Trinajstić information content (AvgIpc) is 2.92. The molecule has 2 aromatic heterocycles. The summed E-state index contributed by atoms with van der Waals surface area (Å²) in [6.45, 7) is 3.68. The van der Waals surface area contributed by atoms with Gasteiger partial charge in [-0.1, -0.05) is 43.7 Å². The lowest BCUT2D eigenvalue weighted by atomic mass is 10.2. The molecular weight excluding hydrogens is 399 g/mol. The lowest BCUT2D eigenvalue weighted by Gasteiger charge is -2.27. The molecule has 1 saturated heterocycles. The van der Waals surface area contributed by atoms with E-state index in [1.54, 1.807) is 12.3 Å². The first kappa shape index (κ1) is 20.8. The first-order chi connectivity index (χ1) is 14.7. The number of pyridine rings is 1. The van der Waals surface area contributed by atoms with Gasteiger partial charge in [0.1, 0.15) is 17.4 Å². The number of carbonyl (C=O) groups is 1. The molecule has 30 heavy (non-hydrogen) atoms. The van der Waals surface area contributed by atoms with Gasteiger partial charge in [0.05, 0.1) is 0 Å². The van der Waals surface area contributed by atoms with Gasteiger partial charge < -0.3 is 4.90 Å². The zero-order valence-electron chi connectivity index (χ0n) is 17.3. The topological polar surface area (TPSA) is 51.0 Å². The van der Waals surface area contributed by atoms with E-state index in [1.807, 2.05) is 34.6 Å². The van der Waals surface area contributed by atoms with E-state index in [2.05, 4.69) is 4.98 Å². The molecule has 1 fully saturated rings. The van der Waals surface area contributed by atoms with Crippen molar-refractivity contribution in [3.05, 3.63) is 54.0 Å². The predicted molar refractivity (Wildman–Crippen MR) is 118 cm³/mol. The smallest absolute Gasteiger partial charge is 0.245 e. The molecule has 0 radical (unpaired) electrons. The van der Waals surface area contributed by atoms with Gasteiger partial charge in [0, 0.05) is 25.0 Å². The molecule has 1 aromatic carbocycles. The van der Waals surface area contributed by atoms with Crippen molar-refractivity contribution < 1.29 is 9.18 Å². The molecule has 0 N–H and O–H groups in total. The van der Waals surface area contributed by atoms with Crippen LogP contribution in [0.4, 0.5) is 4.39 Å². The molecule has 3 heterocycles. The molecule has 1 atom stereocenters. The number of rotatable bonds is 6. The second-order valence-electron chi connectivity index (χ2n) is 7.69. The Balaban J connectivity index is 1.66. The Morgan fingerprint density at radius 3 is 2.70 bits per heavy atom. The van der Waals surface area contributed by atoms with Crippen molar-refractivity contribution in [2.24, 2.45) is 0 Å². The van der Waals surface area contributed by atoms with Gasteiger partial charge in [-0.15, -0.1) is 0 Å². The van der Waals surface area contributed by atoms with Crippen molar-refractivity contribution in [3.63, 3.8) is 0 Å². The van der Waals surface area contributed by atoms with Crippen LogP contribution in [0.2, 0.25) is 0 Å². The summed E-state index contributed by atoms with van der Waals surface area (Å²) in [5, 5.41) is 0.753. The number of hydrogen-bond donors (Lipinski definition) is 0. The maximum Gasteiger partial charge on any atom is 0.245 e. The standard InChI is InChI=1S/C23H27FN4OS/c1-2-20(22(29)27-13-5-3-4-6-14-27)28-21-19(11-8-12-25-21)26-23(28)30-16-17-9-7-10-18(24)15-17/h7-12,15,20H,2-6,13-14,16H2,1H3/t20-/m0/s1. The van der Waals surface area contributed by atoms with E-state index in [4.69, 9.17) is 4.98 Å². The van der Waals surface area contributed by atoms with Crippen molar-refractivity contribution in [2.45, 2.75) is 56.0 Å². The molecule has 0 spiro atoms. The number of halogens is 1. The van der Waals surface area contributed by atoms with Gasteiger partial charge in [0.25, 0.3) is 0 Å². The van der Waals surface area contributed by atoms with Crippen LogP contribution in [0.15, 0.2) is 47.8 Å². The summed E-state index contributed by atoms with van der Waals surface area (Å²) >= 11 is 1.52. The summed E-state index contributed by atoms with van der Waals surface area (Å²) in [4.78, 5) is 24.8. The van der Waals surface area contributed by atoms with Crippen LogP contribution >= 0.6 is 11.8 Å². The van der Waals surface area contributed by atoms with Crippen LogP contribution in [0.5, 0.6) is 0 Å². The Morgan fingerprint density at radius 1 is 1.17 bits per heavy atom. The number of aromatic nitrogens is 3. The van der Waals surface area contributed by atoms with Crippen LogP contribution in [0.1, 0.15) is 50.6 Å². The number of benzene rings is 1. The Labute approximate surface area is 180 Å². The maximum absolute atomic E-state index is 13.6. The fourth-order valence-electron chi connectivity index (χ4n) is 4.04. The number of amides is 1. The number of likely N-dealkylation sites (tertiary alicyclic amines) is 1. The number of carbonyl (C=O) groups excluding carboxylic acids is 1. The van der Waals surface area contributed by atoms with Crippen molar-refractivity contribution in [1.29, 1.82) is 0 Å². The first-order valence-corrected chi connectivity index (χ1v) is 11.6. The molecule has 158 valence electrons. The summed E-state index contributed by atoms with van der Waals surface area (Å²) in [6, 6.07) is 10.1. The molecule has 0 aliphatic carbocycles. The fourth-order valence-corrected chi connectivity index (χ4v) is 5.03. The Hall–Kier alpha value is -2.41. The highest BCUT2D eigenvalue weighted by molar-refractivity contribution is 7.98. The molecule has 1 aliphatic rings. The van der Waals surface area contributed by atoms with E-state index in [0.29, 0.717) is 12.2 Å². The van der Waals surface area contributed by atoms with Gasteiger partial charge in [-0.05, 0) is 49.1 Å². The quantitative estimate of drug-likeness (QED) is 0.507. The van der Waals surface area contributed by atoms with E-state index < -0.39 is 0 Å². The first-order valence-electron chi connectivity index (χ1n) is 10.7. The Kier molecular flexibility index (Phi) is 6.67. The second-order valence-corrected chi connectivity index (χ2v) is 8.64. The molecular formula is C23H27FN4OS. The van der Waals surface area contributed by atoms with Crippen LogP contribution in [0, 0.1) is 5.82 Å². The largest absolute Gasteiger partial charge is 0.341 e. The lowest BCUT2D eigenvalue weighted by Crippen LogP contribution is -2.38. The summed E-state index contributed by atoms with van der Waals surface area (Å²) in [6.07, 6.45) is 6.91. The number of thioether (sulfide) groups is 1. The van der Waals surface area contributed by atoms with E-state index in [1.165, 1.54) is 36.7 Å². The number of nitrogens with zero attached hydrogens (tertiary/aromatic N) is 4. The SMILES string of the molecule is CC[C@@H](C(=O)N1CCCCCC1)n1c(SCc2cccc(F)c2)nc2cccnc21. The van der Waals surface area contributed by atoms with Crippen LogP contribution in [-0.4, -0.2) is 38.4 Å². The molecule has 3 aromatic rings. The lowest BCUT2D eigenvalue weighted by molar-refractivity contribution is -0.135.